The summed E-state index contributed by atoms with van der Waals surface area (Å²) in [4.78, 5) is 24.5. The normalized spacial score (nSPS) is 11.1. The average molecular weight is 394 g/mol. The number of hydrogen-bond donors (Lipinski definition) is 0. The zero-order valence-electron chi connectivity index (χ0n) is 17.3. The minimum Gasteiger partial charge on any atom is -0.490 e. The maximum atomic E-state index is 12.5. The molecule has 0 bridgehead atoms. The Balaban J connectivity index is 1.91. The fraction of sp³-hybridized carbons (Fsp3) is 0.333. The van der Waals surface area contributed by atoms with Crippen LogP contribution in [0.15, 0.2) is 51.7 Å². The number of hydrogen-bond acceptors (Lipinski definition) is 5. The topological polar surface area (TPSA) is 65.7 Å². The molecule has 5 heteroatoms. The molecule has 5 nitrogen and oxygen atoms in total. The van der Waals surface area contributed by atoms with Crippen LogP contribution in [0.4, 0.5) is 0 Å². The molecule has 2 aromatic carbocycles. The van der Waals surface area contributed by atoms with Crippen LogP contribution in [0.2, 0.25) is 0 Å². The number of fused-ring (bicyclic) bond motifs is 1. The van der Waals surface area contributed by atoms with Crippen molar-refractivity contribution >= 4 is 16.9 Å². The second-order valence-corrected chi connectivity index (χ2v) is 7.36. The Morgan fingerprint density at radius 2 is 1.83 bits per heavy atom. The first-order valence-electron chi connectivity index (χ1n) is 9.88. The van der Waals surface area contributed by atoms with E-state index in [1.165, 1.54) is 11.6 Å². The first-order chi connectivity index (χ1) is 13.9. The van der Waals surface area contributed by atoms with Crippen molar-refractivity contribution in [3.63, 3.8) is 0 Å². The van der Waals surface area contributed by atoms with Crippen molar-refractivity contribution in [1.82, 2.24) is 0 Å². The van der Waals surface area contributed by atoms with Crippen molar-refractivity contribution in [2.45, 2.75) is 53.2 Å². The van der Waals surface area contributed by atoms with Crippen LogP contribution in [-0.4, -0.2) is 12.1 Å². The highest BCUT2D eigenvalue weighted by molar-refractivity contribution is 5.90. The Labute approximate surface area is 170 Å². The standard InChI is InChI=1S/C24H26O5/c1-5-6-17-7-9-18(10-8-17)24(26)27-14-20-21(28-15(2)3)12-11-19-16(4)13-22(25)29-23(19)20/h7-13,15H,5-6,14H2,1-4H3. The van der Waals surface area contributed by atoms with Gasteiger partial charge in [0.2, 0.25) is 0 Å². The minimum atomic E-state index is -0.448. The van der Waals surface area contributed by atoms with Gasteiger partial charge in [0.25, 0.3) is 0 Å². The lowest BCUT2D eigenvalue weighted by Gasteiger charge is -2.16. The summed E-state index contributed by atoms with van der Waals surface area (Å²) in [5.74, 6) is 0.0999. The Morgan fingerprint density at radius 3 is 2.48 bits per heavy atom. The van der Waals surface area contributed by atoms with E-state index in [0.717, 1.165) is 23.8 Å². The molecule has 0 amide bonds. The fourth-order valence-electron chi connectivity index (χ4n) is 3.24. The van der Waals surface area contributed by atoms with Crippen molar-refractivity contribution < 1.29 is 18.7 Å². The van der Waals surface area contributed by atoms with Crippen LogP contribution in [0.1, 0.15) is 54.2 Å². The number of rotatable bonds is 7. The second-order valence-electron chi connectivity index (χ2n) is 7.36. The number of carbonyl (C=O) groups is 1. The molecule has 1 heterocycles. The van der Waals surface area contributed by atoms with E-state index in [9.17, 15) is 9.59 Å². The van der Waals surface area contributed by atoms with Gasteiger partial charge in [-0.15, -0.1) is 0 Å². The van der Waals surface area contributed by atoms with Crippen LogP contribution in [0.5, 0.6) is 5.75 Å². The monoisotopic (exact) mass is 394 g/mol. The molecule has 1 aromatic heterocycles. The Bertz CT molecular complexity index is 1060. The van der Waals surface area contributed by atoms with E-state index in [1.54, 1.807) is 12.1 Å². The molecule has 0 saturated heterocycles. The molecule has 0 radical (unpaired) electrons. The molecule has 0 N–H and O–H groups in total. The zero-order chi connectivity index (χ0) is 21.0. The van der Waals surface area contributed by atoms with Crippen LogP contribution < -0.4 is 10.4 Å². The minimum absolute atomic E-state index is 0.0542. The molecule has 0 spiro atoms. The van der Waals surface area contributed by atoms with Crippen molar-refractivity contribution in [1.29, 1.82) is 0 Å². The molecule has 0 atom stereocenters. The highest BCUT2D eigenvalue weighted by atomic mass is 16.5. The molecule has 3 rings (SSSR count). The van der Waals surface area contributed by atoms with Crippen LogP contribution in [0, 0.1) is 6.92 Å². The molecular weight excluding hydrogens is 368 g/mol. The van der Waals surface area contributed by atoms with Gasteiger partial charge in [-0.25, -0.2) is 9.59 Å². The number of benzene rings is 2. The highest BCUT2D eigenvalue weighted by Gasteiger charge is 2.17. The van der Waals surface area contributed by atoms with Gasteiger partial charge in [0.15, 0.2) is 0 Å². The van der Waals surface area contributed by atoms with Crippen molar-refractivity contribution in [3.8, 4) is 5.75 Å². The SMILES string of the molecule is CCCc1ccc(C(=O)OCc2c(OC(C)C)ccc3c(C)cc(=O)oc23)cc1. The molecule has 0 fully saturated rings. The van der Waals surface area contributed by atoms with Crippen LogP contribution in [0.25, 0.3) is 11.0 Å². The van der Waals surface area contributed by atoms with Gasteiger partial charge in [-0.3, -0.25) is 0 Å². The maximum Gasteiger partial charge on any atom is 0.338 e. The van der Waals surface area contributed by atoms with E-state index in [1.807, 2.05) is 45.0 Å². The van der Waals surface area contributed by atoms with E-state index >= 15 is 0 Å². The fourth-order valence-corrected chi connectivity index (χ4v) is 3.24. The molecular formula is C24H26O5. The van der Waals surface area contributed by atoms with E-state index in [0.29, 0.717) is 22.5 Å². The largest absolute Gasteiger partial charge is 0.490 e. The number of aryl methyl sites for hydroxylation is 2. The third-order valence-corrected chi connectivity index (χ3v) is 4.62. The molecule has 3 aromatic rings. The summed E-state index contributed by atoms with van der Waals surface area (Å²) in [7, 11) is 0. The zero-order valence-corrected chi connectivity index (χ0v) is 17.3. The van der Waals surface area contributed by atoms with Gasteiger partial charge in [-0.1, -0.05) is 25.5 Å². The van der Waals surface area contributed by atoms with E-state index in [-0.39, 0.29) is 12.7 Å². The summed E-state index contributed by atoms with van der Waals surface area (Å²) in [6.45, 7) is 7.72. The van der Waals surface area contributed by atoms with Gasteiger partial charge in [0.1, 0.15) is 17.9 Å². The van der Waals surface area contributed by atoms with E-state index in [4.69, 9.17) is 13.9 Å². The lowest BCUT2D eigenvalue weighted by Crippen LogP contribution is -2.11. The van der Waals surface area contributed by atoms with Gasteiger partial charge < -0.3 is 13.9 Å². The number of ether oxygens (including phenoxy) is 2. The molecule has 29 heavy (non-hydrogen) atoms. The summed E-state index contributed by atoms with van der Waals surface area (Å²) in [6.07, 6.45) is 1.94. The first kappa shape index (κ1) is 20.6. The highest BCUT2D eigenvalue weighted by Crippen LogP contribution is 2.30. The van der Waals surface area contributed by atoms with Crippen LogP contribution in [0.3, 0.4) is 0 Å². The molecule has 0 aliphatic heterocycles. The number of carbonyl (C=O) groups excluding carboxylic acids is 1. The molecule has 0 aliphatic carbocycles. The third kappa shape index (κ3) is 4.86. The Hall–Kier alpha value is -3.08. The summed E-state index contributed by atoms with van der Waals surface area (Å²) < 4.78 is 16.9. The van der Waals surface area contributed by atoms with Gasteiger partial charge in [-0.05, 0) is 62.6 Å². The van der Waals surface area contributed by atoms with Crippen LogP contribution >= 0.6 is 0 Å². The molecule has 152 valence electrons. The lowest BCUT2D eigenvalue weighted by atomic mass is 10.1. The van der Waals surface area contributed by atoms with E-state index in [2.05, 4.69) is 6.92 Å². The summed E-state index contributed by atoms with van der Waals surface area (Å²) in [6, 6.07) is 12.5. The number of esters is 1. The Morgan fingerprint density at radius 1 is 1.10 bits per heavy atom. The second kappa shape index (κ2) is 8.95. The smallest absolute Gasteiger partial charge is 0.338 e. The van der Waals surface area contributed by atoms with Crippen LogP contribution in [-0.2, 0) is 17.8 Å². The molecule has 0 aliphatic rings. The van der Waals surface area contributed by atoms with Gasteiger partial charge >= 0.3 is 11.6 Å². The predicted molar refractivity (Wildman–Crippen MR) is 113 cm³/mol. The Kier molecular flexibility index (Phi) is 6.37. The van der Waals surface area contributed by atoms with Crippen molar-refractivity contribution in [2.24, 2.45) is 0 Å². The van der Waals surface area contributed by atoms with Crippen molar-refractivity contribution in [2.75, 3.05) is 0 Å². The van der Waals surface area contributed by atoms with Crippen molar-refractivity contribution in [3.05, 3.63) is 75.1 Å². The first-order valence-corrected chi connectivity index (χ1v) is 9.88. The van der Waals surface area contributed by atoms with Gasteiger partial charge in [0.05, 0.1) is 17.2 Å². The molecule has 0 unspecified atom stereocenters. The summed E-state index contributed by atoms with van der Waals surface area (Å²) >= 11 is 0. The summed E-state index contributed by atoms with van der Waals surface area (Å²) in [5.41, 5.74) is 2.95. The third-order valence-electron chi connectivity index (χ3n) is 4.62. The lowest BCUT2D eigenvalue weighted by molar-refractivity contribution is 0.0469. The molecule has 0 saturated carbocycles. The summed E-state index contributed by atoms with van der Waals surface area (Å²) in [5, 5.41) is 0.788. The maximum absolute atomic E-state index is 12.5. The quantitative estimate of drug-likeness (QED) is 0.407. The average Bonchev–Trinajstić information content (AvgIpc) is 2.67. The van der Waals surface area contributed by atoms with Gasteiger partial charge in [0, 0.05) is 11.5 Å². The van der Waals surface area contributed by atoms with E-state index < -0.39 is 11.6 Å². The van der Waals surface area contributed by atoms with Gasteiger partial charge in [-0.2, -0.15) is 0 Å². The predicted octanol–water partition coefficient (Wildman–Crippen LogP) is 5.20.